The number of hydrogen-bond acceptors (Lipinski definition) is 7. The summed E-state index contributed by atoms with van der Waals surface area (Å²) >= 11 is 17.9. The minimum atomic E-state index is 0.124. The van der Waals surface area contributed by atoms with Gasteiger partial charge in [-0.25, -0.2) is 5.84 Å². The van der Waals surface area contributed by atoms with Gasteiger partial charge in [-0.1, -0.05) is 34.8 Å². The lowest BCUT2D eigenvalue weighted by Gasteiger charge is -2.10. The topological polar surface area (TPSA) is 98.0 Å². The molecule has 0 unspecified atom stereocenters. The van der Waals surface area contributed by atoms with E-state index in [1.54, 1.807) is 6.07 Å². The van der Waals surface area contributed by atoms with Gasteiger partial charge in [0.1, 0.15) is 0 Å². The molecule has 0 saturated heterocycles. The maximum Gasteiger partial charge on any atom is 0.323 e. The van der Waals surface area contributed by atoms with Crippen LogP contribution in [0.1, 0.15) is 6.92 Å². The summed E-state index contributed by atoms with van der Waals surface area (Å²) in [5, 5.41) is 3.96. The highest BCUT2D eigenvalue weighted by Crippen LogP contribution is 2.33. The van der Waals surface area contributed by atoms with E-state index in [1.807, 2.05) is 6.92 Å². The average molecular weight is 350 g/mol. The van der Waals surface area contributed by atoms with Crippen LogP contribution < -0.4 is 21.3 Å². The molecule has 1 aromatic carbocycles. The number of hydrogen-bond donors (Lipinski definition) is 3. The van der Waals surface area contributed by atoms with Crippen molar-refractivity contribution in [3.8, 4) is 6.01 Å². The zero-order valence-electron chi connectivity index (χ0n) is 10.8. The van der Waals surface area contributed by atoms with Gasteiger partial charge in [0.15, 0.2) is 0 Å². The summed E-state index contributed by atoms with van der Waals surface area (Å²) in [6.45, 7) is 2.21. The van der Waals surface area contributed by atoms with Gasteiger partial charge in [0.25, 0.3) is 0 Å². The van der Waals surface area contributed by atoms with Crippen molar-refractivity contribution < 1.29 is 4.74 Å². The van der Waals surface area contributed by atoms with Gasteiger partial charge in [0.05, 0.1) is 27.4 Å². The number of ether oxygens (including phenoxy) is 1. The average Bonchev–Trinajstić information content (AvgIpc) is 2.45. The molecule has 1 heterocycles. The standard InChI is InChI=1S/C11H11Cl3N6O/c1-2-21-11-18-9(17-10(19-11)20-15)16-8-4-6(13)5(12)3-7(8)14/h3-4H,2,15H2,1H3,(H2,16,17,18,19,20). The zero-order chi connectivity index (χ0) is 15.4. The molecule has 0 aliphatic carbocycles. The third-order valence-electron chi connectivity index (χ3n) is 2.27. The number of nitrogens with zero attached hydrogens (tertiary/aromatic N) is 3. The summed E-state index contributed by atoms with van der Waals surface area (Å²) in [6, 6.07) is 3.20. The highest BCUT2D eigenvalue weighted by atomic mass is 35.5. The van der Waals surface area contributed by atoms with Crippen molar-refractivity contribution in [2.45, 2.75) is 6.92 Å². The molecule has 0 aliphatic heterocycles. The SMILES string of the molecule is CCOc1nc(NN)nc(Nc2cc(Cl)c(Cl)cc2Cl)n1. The number of nitrogens with one attached hydrogen (secondary N) is 2. The van der Waals surface area contributed by atoms with Crippen LogP contribution in [0.15, 0.2) is 12.1 Å². The quantitative estimate of drug-likeness (QED) is 0.433. The molecule has 4 N–H and O–H groups in total. The molecular formula is C11H11Cl3N6O. The Morgan fingerprint density at radius 2 is 1.71 bits per heavy atom. The van der Waals surface area contributed by atoms with E-state index in [0.717, 1.165) is 0 Å². The zero-order valence-corrected chi connectivity index (χ0v) is 13.1. The fraction of sp³-hybridized carbons (Fsp3) is 0.182. The Balaban J connectivity index is 2.34. The summed E-state index contributed by atoms with van der Waals surface area (Å²) in [6.07, 6.45) is 0. The molecule has 0 bridgehead atoms. The van der Waals surface area contributed by atoms with Crippen molar-refractivity contribution in [3.05, 3.63) is 27.2 Å². The molecule has 0 fully saturated rings. The first-order valence-corrected chi connectivity index (χ1v) is 6.94. The van der Waals surface area contributed by atoms with E-state index < -0.39 is 0 Å². The molecule has 21 heavy (non-hydrogen) atoms. The van der Waals surface area contributed by atoms with Gasteiger partial charge in [-0.05, 0) is 19.1 Å². The number of aromatic nitrogens is 3. The van der Waals surface area contributed by atoms with Gasteiger partial charge in [0, 0.05) is 0 Å². The first-order chi connectivity index (χ1) is 10.0. The molecule has 0 aliphatic rings. The first kappa shape index (κ1) is 15.8. The van der Waals surface area contributed by atoms with E-state index >= 15 is 0 Å². The van der Waals surface area contributed by atoms with Crippen LogP contribution in [0.5, 0.6) is 6.01 Å². The summed E-state index contributed by atoms with van der Waals surface area (Å²) in [7, 11) is 0. The van der Waals surface area contributed by atoms with Crippen molar-refractivity contribution in [3.63, 3.8) is 0 Å². The third-order valence-corrected chi connectivity index (χ3v) is 3.31. The molecule has 2 rings (SSSR count). The lowest BCUT2D eigenvalue weighted by Crippen LogP contribution is -2.13. The molecule has 2 aromatic rings. The van der Waals surface area contributed by atoms with E-state index in [-0.39, 0.29) is 17.9 Å². The third kappa shape index (κ3) is 3.98. The Morgan fingerprint density at radius 3 is 2.38 bits per heavy atom. The Bertz CT molecular complexity index is 654. The second-order valence-corrected chi connectivity index (χ2v) is 4.94. The van der Waals surface area contributed by atoms with E-state index in [0.29, 0.717) is 27.4 Å². The van der Waals surface area contributed by atoms with E-state index in [1.165, 1.54) is 6.07 Å². The summed E-state index contributed by atoms with van der Waals surface area (Å²) in [4.78, 5) is 12.0. The molecule has 0 saturated carbocycles. The molecule has 1 aromatic heterocycles. The predicted molar refractivity (Wildman–Crippen MR) is 83.6 cm³/mol. The maximum atomic E-state index is 6.08. The molecule has 0 spiro atoms. The number of rotatable bonds is 5. The fourth-order valence-corrected chi connectivity index (χ4v) is 2.00. The lowest BCUT2D eigenvalue weighted by molar-refractivity contribution is 0.312. The van der Waals surface area contributed by atoms with Crippen molar-refractivity contribution in [2.24, 2.45) is 5.84 Å². The van der Waals surface area contributed by atoms with Crippen LogP contribution >= 0.6 is 34.8 Å². The van der Waals surface area contributed by atoms with Crippen molar-refractivity contribution in [1.29, 1.82) is 0 Å². The van der Waals surface area contributed by atoms with Crippen molar-refractivity contribution in [1.82, 2.24) is 15.0 Å². The van der Waals surface area contributed by atoms with Crippen molar-refractivity contribution in [2.75, 3.05) is 17.3 Å². The van der Waals surface area contributed by atoms with E-state index in [2.05, 4.69) is 25.7 Å². The number of hydrazine groups is 1. The maximum absolute atomic E-state index is 6.08. The number of anilines is 3. The highest BCUT2D eigenvalue weighted by Gasteiger charge is 2.10. The fourth-order valence-electron chi connectivity index (χ4n) is 1.41. The Kier molecular flexibility index (Phi) is 5.24. The first-order valence-electron chi connectivity index (χ1n) is 5.80. The van der Waals surface area contributed by atoms with Crippen LogP contribution in [0.4, 0.5) is 17.6 Å². The van der Waals surface area contributed by atoms with Gasteiger partial charge in [-0.3, -0.25) is 5.43 Å². The van der Waals surface area contributed by atoms with E-state index in [9.17, 15) is 0 Å². The molecular weight excluding hydrogens is 339 g/mol. The summed E-state index contributed by atoms with van der Waals surface area (Å²) in [5.41, 5.74) is 2.81. The predicted octanol–water partition coefficient (Wildman–Crippen LogP) is 3.26. The Labute approximate surface area is 135 Å². The lowest BCUT2D eigenvalue weighted by atomic mass is 10.3. The monoisotopic (exact) mass is 348 g/mol. The van der Waals surface area contributed by atoms with Crippen LogP contribution in [0.25, 0.3) is 0 Å². The summed E-state index contributed by atoms with van der Waals surface area (Å²) < 4.78 is 5.22. The smallest absolute Gasteiger partial charge is 0.323 e. The van der Waals surface area contributed by atoms with Gasteiger partial charge < -0.3 is 10.1 Å². The molecule has 10 heteroatoms. The Morgan fingerprint density at radius 1 is 1.05 bits per heavy atom. The Hall–Kier alpha value is -1.54. The number of nitrogen functional groups attached to an aromatic ring is 1. The van der Waals surface area contributed by atoms with Crippen LogP contribution in [-0.2, 0) is 0 Å². The van der Waals surface area contributed by atoms with Crippen LogP contribution in [0.2, 0.25) is 15.1 Å². The number of halogens is 3. The van der Waals surface area contributed by atoms with Crippen LogP contribution in [-0.4, -0.2) is 21.6 Å². The molecule has 0 amide bonds. The minimum absolute atomic E-state index is 0.124. The van der Waals surface area contributed by atoms with Gasteiger partial charge >= 0.3 is 6.01 Å². The van der Waals surface area contributed by atoms with Gasteiger partial charge in [-0.2, -0.15) is 15.0 Å². The largest absolute Gasteiger partial charge is 0.464 e. The van der Waals surface area contributed by atoms with Gasteiger partial charge in [0.2, 0.25) is 11.9 Å². The molecule has 0 atom stereocenters. The second-order valence-electron chi connectivity index (χ2n) is 3.71. The summed E-state index contributed by atoms with van der Waals surface area (Å²) in [5.74, 6) is 5.64. The van der Waals surface area contributed by atoms with Gasteiger partial charge in [-0.15, -0.1) is 0 Å². The van der Waals surface area contributed by atoms with Crippen LogP contribution in [0, 0.1) is 0 Å². The van der Waals surface area contributed by atoms with Crippen LogP contribution in [0.3, 0.4) is 0 Å². The normalized spacial score (nSPS) is 10.3. The molecule has 112 valence electrons. The number of nitrogens with two attached hydrogens (primary N) is 1. The van der Waals surface area contributed by atoms with Crippen molar-refractivity contribution >= 4 is 52.4 Å². The number of benzene rings is 1. The molecule has 0 radical (unpaired) electrons. The molecule has 7 nitrogen and oxygen atoms in total. The second kappa shape index (κ2) is 6.95. The minimum Gasteiger partial charge on any atom is -0.464 e. The highest BCUT2D eigenvalue weighted by molar-refractivity contribution is 6.44. The van der Waals surface area contributed by atoms with E-state index in [4.69, 9.17) is 45.4 Å².